The van der Waals surface area contributed by atoms with Gasteiger partial charge in [0.1, 0.15) is 17.8 Å². The van der Waals surface area contributed by atoms with E-state index in [9.17, 15) is 4.79 Å². The van der Waals surface area contributed by atoms with Crippen molar-refractivity contribution in [2.75, 3.05) is 38.0 Å². The standard InChI is InChI=1S/C19H25N5O/c1-4-23-7-9-24(10-8-23)19(25)17-12-18(21-13-20-17)22-16-6-5-14(2)15(3)11-16/h5-6,11-13H,4,7-10H2,1-3H3,(H,20,21,22). The third-order valence-corrected chi connectivity index (χ3v) is 4.77. The minimum atomic E-state index is -0.0266. The van der Waals surface area contributed by atoms with E-state index in [1.807, 2.05) is 11.0 Å². The molecule has 1 saturated heterocycles. The maximum Gasteiger partial charge on any atom is 0.272 e. The van der Waals surface area contributed by atoms with Gasteiger partial charge in [0.25, 0.3) is 5.91 Å². The van der Waals surface area contributed by atoms with Crippen LogP contribution in [-0.4, -0.2) is 58.4 Å². The largest absolute Gasteiger partial charge is 0.340 e. The van der Waals surface area contributed by atoms with Crippen LogP contribution >= 0.6 is 0 Å². The van der Waals surface area contributed by atoms with Crippen LogP contribution < -0.4 is 5.32 Å². The highest BCUT2D eigenvalue weighted by atomic mass is 16.2. The van der Waals surface area contributed by atoms with Gasteiger partial charge in [0.15, 0.2) is 0 Å². The van der Waals surface area contributed by atoms with Crippen molar-refractivity contribution in [2.24, 2.45) is 0 Å². The first kappa shape index (κ1) is 17.4. The van der Waals surface area contributed by atoms with E-state index in [1.165, 1.54) is 17.5 Å². The number of piperazine rings is 1. The van der Waals surface area contributed by atoms with Crippen LogP contribution in [0.4, 0.5) is 11.5 Å². The van der Waals surface area contributed by atoms with Gasteiger partial charge in [0.2, 0.25) is 0 Å². The Morgan fingerprint density at radius 1 is 1.08 bits per heavy atom. The molecule has 0 radical (unpaired) electrons. The number of carbonyl (C=O) groups excluding carboxylic acids is 1. The molecule has 6 nitrogen and oxygen atoms in total. The fraction of sp³-hybridized carbons (Fsp3) is 0.421. The highest BCUT2D eigenvalue weighted by Crippen LogP contribution is 2.19. The van der Waals surface area contributed by atoms with Gasteiger partial charge >= 0.3 is 0 Å². The summed E-state index contributed by atoms with van der Waals surface area (Å²) in [6.45, 7) is 10.7. The lowest BCUT2D eigenvalue weighted by Crippen LogP contribution is -2.48. The number of likely N-dealkylation sites (N-methyl/N-ethyl adjacent to an activating group) is 1. The highest BCUT2D eigenvalue weighted by Gasteiger charge is 2.22. The molecule has 1 N–H and O–H groups in total. The molecule has 2 aromatic rings. The molecule has 0 unspecified atom stereocenters. The van der Waals surface area contributed by atoms with Crippen LogP contribution in [0.15, 0.2) is 30.6 Å². The minimum Gasteiger partial charge on any atom is -0.340 e. The zero-order chi connectivity index (χ0) is 17.8. The third-order valence-electron chi connectivity index (χ3n) is 4.77. The van der Waals surface area contributed by atoms with Crippen molar-refractivity contribution >= 4 is 17.4 Å². The molecular formula is C19H25N5O. The summed E-state index contributed by atoms with van der Waals surface area (Å²) in [6, 6.07) is 7.88. The second-order valence-electron chi connectivity index (χ2n) is 6.44. The molecule has 132 valence electrons. The monoisotopic (exact) mass is 339 g/mol. The van der Waals surface area contributed by atoms with Gasteiger partial charge in [-0.3, -0.25) is 4.79 Å². The molecule has 2 heterocycles. The molecule has 1 amide bonds. The van der Waals surface area contributed by atoms with E-state index < -0.39 is 0 Å². The fourth-order valence-corrected chi connectivity index (χ4v) is 2.94. The number of nitrogens with zero attached hydrogens (tertiary/aromatic N) is 4. The summed E-state index contributed by atoms with van der Waals surface area (Å²) in [7, 11) is 0. The van der Waals surface area contributed by atoms with Crippen molar-refractivity contribution in [3.63, 3.8) is 0 Å². The molecule has 1 aliphatic heterocycles. The van der Waals surface area contributed by atoms with Gasteiger partial charge in [-0.15, -0.1) is 0 Å². The number of aryl methyl sites for hydroxylation is 2. The van der Waals surface area contributed by atoms with E-state index in [0.29, 0.717) is 11.5 Å². The van der Waals surface area contributed by atoms with Gasteiger partial charge in [-0.2, -0.15) is 0 Å². The summed E-state index contributed by atoms with van der Waals surface area (Å²) >= 11 is 0. The molecule has 1 aliphatic rings. The van der Waals surface area contributed by atoms with Crippen LogP contribution in [0.25, 0.3) is 0 Å². The number of benzene rings is 1. The molecule has 6 heteroatoms. The summed E-state index contributed by atoms with van der Waals surface area (Å²) in [4.78, 5) is 25.3. The Morgan fingerprint density at radius 2 is 1.84 bits per heavy atom. The molecule has 0 aliphatic carbocycles. The number of carbonyl (C=O) groups is 1. The van der Waals surface area contributed by atoms with E-state index in [2.05, 4.69) is 53.1 Å². The first-order valence-electron chi connectivity index (χ1n) is 8.74. The molecule has 1 aromatic carbocycles. The lowest BCUT2D eigenvalue weighted by Gasteiger charge is -2.33. The SMILES string of the molecule is CCN1CCN(C(=O)c2cc(Nc3ccc(C)c(C)c3)ncn2)CC1. The smallest absolute Gasteiger partial charge is 0.272 e. The average Bonchev–Trinajstić information content (AvgIpc) is 2.64. The van der Waals surface area contributed by atoms with Crippen LogP contribution in [-0.2, 0) is 0 Å². The summed E-state index contributed by atoms with van der Waals surface area (Å²) in [5.74, 6) is 0.607. The molecule has 1 aromatic heterocycles. The van der Waals surface area contributed by atoms with Crippen molar-refractivity contribution < 1.29 is 4.79 Å². The van der Waals surface area contributed by atoms with Crippen LogP contribution in [0.2, 0.25) is 0 Å². The van der Waals surface area contributed by atoms with E-state index in [0.717, 1.165) is 38.4 Å². The van der Waals surface area contributed by atoms with Crippen LogP contribution in [0.3, 0.4) is 0 Å². The van der Waals surface area contributed by atoms with Crippen molar-refractivity contribution in [2.45, 2.75) is 20.8 Å². The highest BCUT2D eigenvalue weighted by molar-refractivity contribution is 5.93. The summed E-state index contributed by atoms with van der Waals surface area (Å²) in [6.07, 6.45) is 1.44. The molecule has 0 spiro atoms. The van der Waals surface area contributed by atoms with E-state index in [4.69, 9.17) is 0 Å². The Kier molecular flexibility index (Phi) is 5.28. The Labute approximate surface area is 148 Å². The van der Waals surface area contributed by atoms with Crippen molar-refractivity contribution in [3.8, 4) is 0 Å². The second kappa shape index (κ2) is 7.61. The number of hydrogen-bond acceptors (Lipinski definition) is 5. The average molecular weight is 339 g/mol. The Morgan fingerprint density at radius 3 is 2.52 bits per heavy atom. The molecule has 25 heavy (non-hydrogen) atoms. The zero-order valence-electron chi connectivity index (χ0n) is 15.1. The summed E-state index contributed by atoms with van der Waals surface area (Å²) in [5.41, 5.74) is 3.85. The molecule has 0 saturated carbocycles. The first-order chi connectivity index (χ1) is 12.1. The van der Waals surface area contributed by atoms with Crippen molar-refractivity contribution in [1.82, 2.24) is 19.8 Å². The van der Waals surface area contributed by atoms with Crippen molar-refractivity contribution in [3.05, 3.63) is 47.4 Å². The Hall–Kier alpha value is -2.47. The van der Waals surface area contributed by atoms with Crippen LogP contribution in [0.1, 0.15) is 28.5 Å². The van der Waals surface area contributed by atoms with Gasteiger partial charge in [0.05, 0.1) is 0 Å². The lowest BCUT2D eigenvalue weighted by molar-refractivity contribution is 0.0637. The number of amides is 1. The predicted molar refractivity (Wildman–Crippen MR) is 99.2 cm³/mol. The van der Waals surface area contributed by atoms with Gasteiger partial charge in [-0.05, 0) is 43.7 Å². The van der Waals surface area contributed by atoms with E-state index in [-0.39, 0.29) is 5.91 Å². The Bertz CT molecular complexity index is 753. The van der Waals surface area contributed by atoms with Crippen LogP contribution in [0, 0.1) is 13.8 Å². The second-order valence-corrected chi connectivity index (χ2v) is 6.44. The Balaban J connectivity index is 1.70. The maximum absolute atomic E-state index is 12.7. The topological polar surface area (TPSA) is 61.4 Å². The number of hydrogen-bond donors (Lipinski definition) is 1. The molecular weight excluding hydrogens is 314 g/mol. The summed E-state index contributed by atoms with van der Waals surface area (Å²) in [5, 5.41) is 3.26. The molecule has 0 atom stereocenters. The molecule has 3 rings (SSSR count). The van der Waals surface area contributed by atoms with Gasteiger partial charge in [0, 0.05) is 37.9 Å². The lowest BCUT2D eigenvalue weighted by atomic mass is 10.1. The van der Waals surface area contributed by atoms with Crippen LogP contribution in [0.5, 0.6) is 0 Å². The number of aromatic nitrogens is 2. The van der Waals surface area contributed by atoms with Gasteiger partial charge in [-0.1, -0.05) is 13.0 Å². The third kappa shape index (κ3) is 4.14. The number of nitrogens with one attached hydrogen (secondary N) is 1. The van der Waals surface area contributed by atoms with Crippen molar-refractivity contribution in [1.29, 1.82) is 0 Å². The van der Waals surface area contributed by atoms with E-state index >= 15 is 0 Å². The zero-order valence-corrected chi connectivity index (χ0v) is 15.1. The van der Waals surface area contributed by atoms with Gasteiger partial charge < -0.3 is 15.1 Å². The fourth-order valence-electron chi connectivity index (χ4n) is 2.94. The quantitative estimate of drug-likeness (QED) is 0.928. The maximum atomic E-state index is 12.7. The minimum absolute atomic E-state index is 0.0266. The predicted octanol–water partition coefficient (Wildman–Crippen LogP) is 2.61. The first-order valence-corrected chi connectivity index (χ1v) is 8.74. The number of rotatable bonds is 4. The molecule has 0 bridgehead atoms. The molecule has 1 fully saturated rings. The van der Waals surface area contributed by atoms with E-state index in [1.54, 1.807) is 6.07 Å². The van der Waals surface area contributed by atoms with Gasteiger partial charge in [-0.25, -0.2) is 9.97 Å². The number of anilines is 2. The summed E-state index contributed by atoms with van der Waals surface area (Å²) < 4.78 is 0. The normalized spacial score (nSPS) is 15.2.